The number of nitrogen functional groups attached to an aromatic ring is 1. The number of nitrogens with two attached hydrogens (primary N) is 1. The number of thiophene rings is 1. The number of hydrogen-bond acceptors (Lipinski definition) is 9. The Balaban J connectivity index is 1.60. The van der Waals surface area contributed by atoms with Crippen LogP contribution >= 0.6 is 11.3 Å². The number of nitrogens with zero attached hydrogens (tertiary/aromatic N) is 5. The van der Waals surface area contributed by atoms with E-state index in [-0.39, 0.29) is 18.5 Å². The second-order valence-corrected chi connectivity index (χ2v) is 7.06. The number of aromatic nitrogens is 4. The summed E-state index contributed by atoms with van der Waals surface area (Å²) >= 11 is 1.33. The lowest BCUT2D eigenvalue weighted by Crippen LogP contribution is -2.49. The fourth-order valence-corrected chi connectivity index (χ4v) is 4.10. The van der Waals surface area contributed by atoms with Crippen LogP contribution in [0.4, 0.5) is 11.8 Å². The molecule has 3 N–H and O–H groups in total. The van der Waals surface area contributed by atoms with Gasteiger partial charge in [-0.15, -0.1) is 11.3 Å². The first kappa shape index (κ1) is 18.2. The molecule has 0 spiro atoms. The average Bonchev–Trinajstić information content (AvgIpc) is 3.37. The predicted octanol–water partition coefficient (Wildman–Crippen LogP) is 1.14. The van der Waals surface area contributed by atoms with E-state index in [9.17, 15) is 9.59 Å². The number of fused-ring (bicyclic) bond motifs is 1. The van der Waals surface area contributed by atoms with Crippen molar-refractivity contribution in [2.24, 2.45) is 0 Å². The van der Waals surface area contributed by atoms with Gasteiger partial charge in [0.2, 0.25) is 5.95 Å². The Morgan fingerprint density at radius 2 is 2.07 bits per heavy atom. The molecular formula is C17H19N7O3S. The molecule has 11 heteroatoms. The second-order valence-electron chi connectivity index (χ2n) is 6.20. The van der Waals surface area contributed by atoms with E-state index < -0.39 is 5.97 Å². The van der Waals surface area contributed by atoms with Crippen LogP contribution in [0, 0.1) is 0 Å². The van der Waals surface area contributed by atoms with Crippen molar-refractivity contribution in [2.45, 2.75) is 6.92 Å². The summed E-state index contributed by atoms with van der Waals surface area (Å²) in [7, 11) is 0. The summed E-state index contributed by atoms with van der Waals surface area (Å²) in [6.45, 7) is 4.20. The summed E-state index contributed by atoms with van der Waals surface area (Å²) in [5, 5.41) is 8.88. The number of nitrogens with one attached hydrogen (secondary N) is 1. The van der Waals surface area contributed by atoms with Crippen molar-refractivity contribution in [3.63, 3.8) is 0 Å². The molecule has 3 aromatic heterocycles. The zero-order valence-electron chi connectivity index (χ0n) is 15.2. The normalized spacial score (nSPS) is 14.5. The molecule has 0 aromatic carbocycles. The van der Waals surface area contributed by atoms with Crippen LogP contribution in [0.2, 0.25) is 0 Å². The van der Waals surface area contributed by atoms with Crippen molar-refractivity contribution in [3.8, 4) is 0 Å². The van der Waals surface area contributed by atoms with Gasteiger partial charge in [0.25, 0.3) is 5.91 Å². The van der Waals surface area contributed by atoms with Crippen molar-refractivity contribution in [2.75, 3.05) is 43.4 Å². The van der Waals surface area contributed by atoms with E-state index >= 15 is 0 Å². The van der Waals surface area contributed by atoms with Crippen molar-refractivity contribution in [1.82, 2.24) is 25.1 Å². The van der Waals surface area contributed by atoms with Crippen LogP contribution in [0.15, 0.2) is 17.6 Å². The third-order valence-electron chi connectivity index (χ3n) is 4.52. The maximum atomic E-state index is 12.5. The average molecular weight is 401 g/mol. The maximum Gasteiger partial charge on any atom is 0.339 e. The number of carbonyl (C=O) groups excluding carboxylic acids is 2. The number of amides is 1. The lowest BCUT2D eigenvalue weighted by Gasteiger charge is -2.35. The van der Waals surface area contributed by atoms with Crippen LogP contribution in [0.25, 0.3) is 10.2 Å². The van der Waals surface area contributed by atoms with Gasteiger partial charge in [0, 0.05) is 37.8 Å². The Hall–Kier alpha value is -3.21. The van der Waals surface area contributed by atoms with E-state index in [2.05, 4.69) is 20.2 Å². The number of esters is 1. The summed E-state index contributed by atoms with van der Waals surface area (Å²) in [5.74, 6) is 0.250. The van der Waals surface area contributed by atoms with E-state index in [4.69, 9.17) is 10.5 Å². The molecule has 146 valence electrons. The molecule has 0 bridgehead atoms. The largest absolute Gasteiger partial charge is 0.462 e. The molecule has 1 aliphatic heterocycles. The highest BCUT2D eigenvalue weighted by atomic mass is 32.1. The number of rotatable bonds is 4. The van der Waals surface area contributed by atoms with Crippen LogP contribution in [0.3, 0.4) is 0 Å². The van der Waals surface area contributed by atoms with Crippen molar-refractivity contribution >= 4 is 45.2 Å². The molecule has 4 rings (SSSR count). The minimum Gasteiger partial charge on any atom is -0.462 e. The molecule has 1 fully saturated rings. The number of carbonyl (C=O) groups is 2. The highest BCUT2D eigenvalue weighted by molar-refractivity contribution is 7.17. The zero-order valence-corrected chi connectivity index (χ0v) is 16.0. The first-order valence-electron chi connectivity index (χ1n) is 8.84. The number of hydrogen-bond donors (Lipinski definition) is 2. The SMILES string of the molecule is CCOC(=O)c1csc2nc(N)nc(N3CCN(C(=O)c4ccn[nH]4)CC3)c12. The summed E-state index contributed by atoms with van der Waals surface area (Å²) in [4.78, 5) is 37.9. The molecule has 10 nitrogen and oxygen atoms in total. The lowest BCUT2D eigenvalue weighted by molar-refractivity contribution is 0.0529. The first-order chi connectivity index (χ1) is 13.6. The monoisotopic (exact) mass is 401 g/mol. The van der Waals surface area contributed by atoms with Gasteiger partial charge in [-0.25, -0.2) is 9.78 Å². The smallest absolute Gasteiger partial charge is 0.339 e. The highest BCUT2D eigenvalue weighted by Gasteiger charge is 2.27. The summed E-state index contributed by atoms with van der Waals surface area (Å²) in [6, 6.07) is 1.65. The minimum atomic E-state index is -0.406. The number of H-pyrrole nitrogens is 1. The van der Waals surface area contributed by atoms with Gasteiger partial charge in [0.1, 0.15) is 16.3 Å². The number of piperazine rings is 1. The molecule has 0 atom stereocenters. The maximum absolute atomic E-state index is 12.5. The number of anilines is 2. The minimum absolute atomic E-state index is 0.0905. The first-order valence-corrected chi connectivity index (χ1v) is 9.72. The fraction of sp³-hybridized carbons (Fsp3) is 0.353. The Bertz CT molecular complexity index is 1010. The van der Waals surface area contributed by atoms with E-state index in [1.807, 2.05) is 4.90 Å². The Morgan fingerprint density at radius 1 is 1.29 bits per heavy atom. The molecule has 0 saturated carbocycles. The molecule has 1 amide bonds. The highest BCUT2D eigenvalue weighted by Crippen LogP contribution is 2.33. The van der Waals surface area contributed by atoms with Gasteiger partial charge in [-0.1, -0.05) is 0 Å². The number of ether oxygens (including phenoxy) is 1. The molecule has 0 radical (unpaired) electrons. The van der Waals surface area contributed by atoms with Gasteiger partial charge in [-0.3, -0.25) is 9.89 Å². The Morgan fingerprint density at radius 3 is 2.75 bits per heavy atom. The van der Waals surface area contributed by atoms with Gasteiger partial charge >= 0.3 is 5.97 Å². The molecule has 28 heavy (non-hydrogen) atoms. The summed E-state index contributed by atoms with van der Waals surface area (Å²) < 4.78 is 5.16. The van der Waals surface area contributed by atoms with Gasteiger partial charge in [0.05, 0.1) is 17.6 Å². The van der Waals surface area contributed by atoms with Gasteiger partial charge < -0.3 is 20.3 Å². The summed E-state index contributed by atoms with van der Waals surface area (Å²) in [5.41, 5.74) is 6.78. The topological polar surface area (TPSA) is 130 Å². The van der Waals surface area contributed by atoms with Crippen molar-refractivity contribution in [3.05, 3.63) is 28.9 Å². The van der Waals surface area contributed by atoms with Crippen molar-refractivity contribution < 1.29 is 14.3 Å². The third kappa shape index (κ3) is 3.24. The molecular weight excluding hydrogens is 382 g/mol. The second kappa shape index (κ2) is 7.43. The molecule has 4 heterocycles. The van der Waals surface area contributed by atoms with Gasteiger partial charge in [0.15, 0.2) is 0 Å². The predicted molar refractivity (Wildman–Crippen MR) is 104 cm³/mol. The molecule has 0 aliphatic carbocycles. The number of aromatic amines is 1. The van der Waals surface area contributed by atoms with Gasteiger partial charge in [-0.05, 0) is 13.0 Å². The molecule has 3 aromatic rings. The van der Waals surface area contributed by atoms with Crippen LogP contribution in [0.5, 0.6) is 0 Å². The van der Waals surface area contributed by atoms with E-state index in [1.165, 1.54) is 11.3 Å². The van der Waals surface area contributed by atoms with Crippen LogP contribution < -0.4 is 10.6 Å². The quantitative estimate of drug-likeness (QED) is 0.622. The van der Waals surface area contributed by atoms with Crippen LogP contribution in [0.1, 0.15) is 27.8 Å². The Kier molecular flexibility index (Phi) is 4.82. The van der Waals surface area contributed by atoms with E-state index in [0.717, 1.165) is 0 Å². The third-order valence-corrected chi connectivity index (χ3v) is 5.40. The van der Waals surface area contributed by atoms with Gasteiger partial charge in [-0.2, -0.15) is 10.1 Å². The molecule has 1 saturated heterocycles. The van der Waals surface area contributed by atoms with E-state index in [1.54, 1.807) is 29.5 Å². The molecule has 1 aliphatic rings. The molecule has 0 unspecified atom stereocenters. The lowest BCUT2D eigenvalue weighted by atomic mass is 10.2. The standard InChI is InChI=1S/C17H19N7O3S/c1-2-27-16(26)10-9-28-14-12(10)13(20-17(18)21-14)23-5-7-24(8-6-23)15(25)11-3-4-19-22-11/h3-4,9H,2,5-8H2,1H3,(H,19,22)(H2,18,20,21). The summed E-state index contributed by atoms with van der Waals surface area (Å²) in [6.07, 6.45) is 1.55. The zero-order chi connectivity index (χ0) is 19.7. The Labute approximate surface area is 164 Å². The fourth-order valence-electron chi connectivity index (χ4n) is 3.19. The van der Waals surface area contributed by atoms with E-state index in [0.29, 0.717) is 53.5 Å². The van der Waals surface area contributed by atoms with Crippen molar-refractivity contribution in [1.29, 1.82) is 0 Å². The van der Waals surface area contributed by atoms with Crippen LogP contribution in [-0.4, -0.2) is 69.7 Å². The van der Waals surface area contributed by atoms with Crippen LogP contribution in [-0.2, 0) is 4.74 Å².